The van der Waals surface area contributed by atoms with Crippen molar-refractivity contribution in [2.75, 3.05) is 6.54 Å². The van der Waals surface area contributed by atoms with E-state index < -0.39 is 11.9 Å². The third-order valence-corrected chi connectivity index (χ3v) is 3.80. The van der Waals surface area contributed by atoms with Gasteiger partial charge in [0.05, 0.1) is 5.92 Å². The fourth-order valence-electron chi connectivity index (χ4n) is 2.67. The van der Waals surface area contributed by atoms with Gasteiger partial charge in [-0.15, -0.1) is 0 Å². The molecule has 1 fully saturated rings. The van der Waals surface area contributed by atoms with Crippen LogP contribution in [-0.4, -0.2) is 29.6 Å². The monoisotopic (exact) mass is 276 g/mol. The number of carboxylic acids is 1. The first-order chi connectivity index (χ1) is 9.61. The Morgan fingerprint density at radius 3 is 2.55 bits per heavy atom. The average Bonchev–Trinajstić information content (AvgIpc) is 2.88. The third-order valence-electron chi connectivity index (χ3n) is 3.80. The fourth-order valence-corrected chi connectivity index (χ4v) is 2.67. The second-order valence-corrected chi connectivity index (χ2v) is 5.19. The van der Waals surface area contributed by atoms with Gasteiger partial charge in [0.1, 0.15) is 0 Å². The molecule has 108 valence electrons. The van der Waals surface area contributed by atoms with Crippen LogP contribution in [0.5, 0.6) is 0 Å². The number of rotatable bonds is 5. The van der Waals surface area contributed by atoms with Gasteiger partial charge in [-0.25, -0.2) is 0 Å². The zero-order valence-electron chi connectivity index (χ0n) is 11.3. The first-order valence-corrected chi connectivity index (χ1v) is 6.94. The van der Waals surface area contributed by atoms with Crippen molar-refractivity contribution in [1.29, 1.82) is 0 Å². The van der Waals surface area contributed by atoms with E-state index in [9.17, 15) is 9.59 Å². The van der Waals surface area contributed by atoms with Crippen LogP contribution in [0, 0.1) is 5.92 Å². The summed E-state index contributed by atoms with van der Waals surface area (Å²) in [5, 5.41) is 11.9. The molecule has 5 heteroatoms. The summed E-state index contributed by atoms with van der Waals surface area (Å²) in [6.07, 6.45) is 2.99. The molecule has 0 spiro atoms. The van der Waals surface area contributed by atoms with Crippen LogP contribution in [-0.2, 0) is 11.2 Å². The number of aliphatic carboxylic acids is 1. The highest BCUT2D eigenvalue weighted by Crippen LogP contribution is 2.26. The smallest absolute Gasteiger partial charge is 0.308 e. The molecule has 1 aromatic rings. The van der Waals surface area contributed by atoms with E-state index in [4.69, 9.17) is 10.8 Å². The first kappa shape index (κ1) is 14.5. The lowest BCUT2D eigenvalue weighted by atomic mass is 10.0. The number of benzene rings is 1. The minimum Gasteiger partial charge on any atom is -0.481 e. The van der Waals surface area contributed by atoms with E-state index in [0.29, 0.717) is 18.5 Å². The van der Waals surface area contributed by atoms with Crippen molar-refractivity contribution in [3.05, 3.63) is 35.4 Å². The Balaban J connectivity index is 1.99. The summed E-state index contributed by atoms with van der Waals surface area (Å²) in [4.78, 5) is 23.2. The molecule has 4 N–H and O–H groups in total. The third kappa shape index (κ3) is 3.36. The van der Waals surface area contributed by atoms with E-state index in [1.165, 1.54) is 0 Å². The average molecular weight is 276 g/mol. The second kappa shape index (κ2) is 6.52. The number of carbonyl (C=O) groups is 2. The molecule has 5 nitrogen and oxygen atoms in total. The maximum Gasteiger partial charge on any atom is 0.308 e. The van der Waals surface area contributed by atoms with E-state index in [1.807, 2.05) is 12.1 Å². The number of amides is 1. The van der Waals surface area contributed by atoms with E-state index >= 15 is 0 Å². The minimum absolute atomic E-state index is 0.206. The van der Waals surface area contributed by atoms with Gasteiger partial charge in [0.15, 0.2) is 0 Å². The van der Waals surface area contributed by atoms with Crippen LogP contribution in [0.3, 0.4) is 0 Å². The van der Waals surface area contributed by atoms with Gasteiger partial charge in [0.2, 0.25) is 0 Å². The molecule has 0 heterocycles. The summed E-state index contributed by atoms with van der Waals surface area (Å²) in [5.41, 5.74) is 7.12. The van der Waals surface area contributed by atoms with Gasteiger partial charge >= 0.3 is 5.97 Å². The highest BCUT2D eigenvalue weighted by molar-refractivity contribution is 5.94. The van der Waals surface area contributed by atoms with Crippen molar-refractivity contribution in [2.45, 2.75) is 31.7 Å². The number of hydrogen-bond donors (Lipinski definition) is 3. The summed E-state index contributed by atoms with van der Waals surface area (Å²) < 4.78 is 0. The summed E-state index contributed by atoms with van der Waals surface area (Å²) in [6, 6.07) is 7.01. The van der Waals surface area contributed by atoms with Gasteiger partial charge in [0, 0.05) is 11.6 Å². The fraction of sp³-hybridized carbons (Fsp3) is 0.467. The zero-order valence-corrected chi connectivity index (χ0v) is 11.3. The Labute approximate surface area is 118 Å². The molecule has 1 aliphatic carbocycles. The molecule has 1 aliphatic rings. The normalized spacial score (nSPS) is 21.6. The van der Waals surface area contributed by atoms with Gasteiger partial charge in [-0.05, 0) is 43.5 Å². The van der Waals surface area contributed by atoms with E-state index in [-0.39, 0.29) is 11.9 Å². The van der Waals surface area contributed by atoms with Gasteiger partial charge in [-0.3, -0.25) is 9.59 Å². The highest BCUT2D eigenvalue weighted by Gasteiger charge is 2.33. The Kier molecular flexibility index (Phi) is 4.74. The molecule has 1 aromatic carbocycles. The number of nitrogens with one attached hydrogen (secondary N) is 1. The molecule has 0 radical (unpaired) electrons. The summed E-state index contributed by atoms with van der Waals surface area (Å²) >= 11 is 0. The Morgan fingerprint density at radius 2 is 1.95 bits per heavy atom. The molecular weight excluding hydrogens is 256 g/mol. The maximum atomic E-state index is 12.1. The number of hydrogen-bond acceptors (Lipinski definition) is 3. The quantitative estimate of drug-likeness (QED) is 0.752. The number of carbonyl (C=O) groups excluding carboxylic acids is 1. The second-order valence-electron chi connectivity index (χ2n) is 5.19. The molecule has 0 aliphatic heterocycles. The number of nitrogens with two attached hydrogens (primary N) is 1. The molecule has 2 unspecified atom stereocenters. The van der Waals surface area contributed by atoms with Crippen molar-refractivity contribution < 1.29 is 14.7 Å². The highest BCUT2D eigenvalue weighted by atomic mass is 16.4. The molecule has 2 rings (SSSR count). The van der Waals surface area contributed by atoms with Crippen LogP contribution in [0.2, 0.25) is 0 Å². The summed E-state index contributed by atoms with van der Waals surface area (Å²) in [6.45, 7) is 0.577. The lowest BCUT2D eigenvalue weighted by Crippen LogP contribution is -2.40. The summed E-state index contributed by atoms with van der Waals surface area (Å²) in [5.74, 6) is -1.50. The Bertz CT molecular complexity index is 484. The zero-order chi connectivity index (χ0) is 14.5. The molecular formula is C15H20N2O3. The SMILES string of the molecule is NCCc1ccc(C(=O)NC2CCCC2C(=O)O)cc1. The predicted molar refractivity (Wildman–Crippen MR) is 75.4 cm³/mol. The van der Waals surface area contributed by atoms with E-state index in [1.54, 1.807) is 12.1 Å². The van der Waals surface area contributed by atoms with E-state index in [2.05, 4.69) is 5.32 Å². The van der Waals surface area contributed by atoms with Crippen molar-refractivity contribution in [1.82, 2.24) is 5.32 Å². The molecule has 0 aromatic heterocycles. The Morgan fingerprint density at radius 1 is 1.25 bits per heavy atom. The van der Waals surface area contributed by atoms with Crippen LogP contribution in [0.15, 0.2) is 24.3 Å². The van der Waals surface area contributed by atoms with Gasteiger partial charge in [-0.2, -0.15) is 0 Å². The van der Waals surface area contributed by atoms with Crippen LogP contribution in [0.1, 0.15) is 35.2 Å². The van der Waals surface area contributed by atoms with Gasteiger partial charge in [0.25, 0.3) is 5.91 Å². The molecule has 1 saturated carbocycles. The maximum absolute atomic E-state index is 12.1. The van der Waals surface area contributed by atoms with Crippen molar-refractivity contribution in [3.8, 4) is 0 Å². The number of carboxylic acid groups (broad SMARTS) is 1. The van der Waals surface area contributed by atoms with Gasteiger partial charge in [-0.1, -0.05) is 18.6 Å². The minimum atomic E-state index is -0.828. The van der Waals surface area contributed by atoms with Gasteiger partial charge < -0.3 is 16.2 Å². The lowest BCUT2D eigenvalue weighted by Gasteiger charge is -2.17. The van der Waals surface area contributed by atoms with Crippen LogP contribution < -0.4 is 11.1 Å². The van der Waals surface area contributed by atoms with Crippen molar-refractivity contribution in [2.24, 2.45) is 11.7 Å². The standard InChI is InChI=1S/C15H20N2O3/c16-9-8-10-4-6-11(7-5-10)14(18)17-13-3-1-2-12(13)15(19)20/h4-7,12-13H,1-3,8-9,16H2,(H,17,18)(H,19,20). The topological polar surface area (TPSA) is 92.4 Å². The molecule has 2 atom stereocenters. The molecule has 1 amide bonds. The molecule has 20 heavy (non-hydrogen) atoms. The Hall–Kier alpha value is -1.88. The molecule has 0 bridgehead atoms. The van der Waals surface area contributed by atoms with Crippen LogP contribution in [0.25, 0.3) is 0 Å². The van der Waals surface area contributed by atoms with E-state index in [0.717, 1.165) is 24.8 Å². The molecule has 0 saturated heterocycles. The first-order valence-electron chi connectivity index (χ1n) is 6.94. The largest absolute Gasteiger partial charge is 0.481 e. The van der Waals surface area contributed by atoms with Crippen LogP contribution >= 0.6 is 0 Å². The van der Waals surface area contributed by atoms with Crippen molar-refractivity contribution in [3.63, 3.8) is 0 Å². The lowest BCUT2D eigenvalue weighted by molar-refractivity contribution is -0.142. The summed E-state index contributed by atoms with van der Waals surface area (Å²) in [7, 11) is 0. The predicted octanol–water partition coefficient (Wildman–Crippen LogP) is 1.17. The van der Waals surface area contributed by atoms with Crippen LogP contribution in [0.4, 0.5) is 0 Å². The van der Waals surface area contributed by atoms with Crippen molar-refractivity contribution >= 4 is 11.9 Å².